The van der Waals surface area contributed by atoms with Crippen molar-refractivity contribution in [2.45, 2.75) is 246 Å². The Kier molecular flexibility index (Phi) is 39.7. The number of hydrogen-bond acceptors (Lipinski definition) is 7. The molecule has 346 valence electrons. The Hall–Kier alpha value is -2.15. The number of hydrogen-bond donors (Lipinski definition) is 0. The van der Waals surface area contributed by atoms with Crippen LogP contribution in [0.25, 0.3) is 0 Å². The summed E-state index contributed by atoms with van der Waals surface area (Å²) < 4.78 is 16.2. The van der Waals surface area contributed by atoms with Crippen LogP contribution in [0.4, 0.5) is 0 Å². The largest absolute Gasteiger partial charge is 0.466 e. The van der Waals surface area contributed by atoms with Crippen molar-refractivity contribution in [3.8, 4) is 0 Å². The number of nitrogens with zero attached hydrogens (tertiary/aromatic N) is 1. The van der Waals surface area contributed by atoms with Crippen molar-refractivity contribution in [3.63, 3.8) is 0 Å². The fourth-order valence-corrected chi connectivity index (χ4v) is 8.46. The molecule has 0 N–H and O–H groups in total. The molecule has 0 aromatic rings. The highest BCUT2D eigenvalue weighted by atomic mass is 16.5. The van der Waals surface area contributed by atoms with Gasteiger partial charge in [-0.05, 0) is 136 Å². The van der Waals surface area contributed by atoms with Crippen molar-refractivity contribution in [2.75, 3.05) is 33.9 Å². The Bertz CT molecular complexity index is 978. The lowest BCUT2D eigenvalue weighted by atomic mass is 9.82. The van der Waals surface area contributed by atoms with Gasteiger partial charge in [0.15, 0.2) is 0 Å². The van der Waals surface area contributed by atoms with Crippen molar-refractivity contribution in [3.05, 3.63) is 24.3 Å². The maximum atomic E-state index is 13.1. The molecule has 7 nitrogen and oxygen atoms in total. The number of carbonyl (C=O) groups excluding carboxylic acids is 3. The molecule has 0 aliphatic heterocycles. The van der Waals surface area contributed by atoms with E-state index in [0.29, 0.717) is 38.4 Å². The predicted octanol–water partition coefficient (Wildman–Crippen LogP) is 14.8. The van der Waals surface area contributed by atoms with E-state index in [1.54, 1.807) is 0 Å². The summed E-state index contributed by atoms with van der Waals surface area (Å²) in [6.45, 7) is 12.5. The van der Waals surface area contributed by atoms with Gasteiger partial charge in [-0.3, -0.25) is 14.4 Å². The van der Waals surface area contributed by atoms with E-state index >= 15 is 0 Å². The number of rotatable bonds is 43. The van der Waals surface area contributed by atoms with Gasteiger partial charge in [-0.25, -0.2) is 0 Å². The Morgan fingerprint density at radius 1 is 0.508 bits per heavy atom. The number of allylic oxidation sites excluding steroid dienone is 4. The van der Waals surface area contributed by atoms with Crippen LogP contribution in [0.5, 0.6) is 0 Å². The van der Waals surface area contributed by atoms with E-state index in [4.69, 9.17) is 14.2 Å². The van der Waals surface area contributed by atoms with E-state index in [-0.39, 0.29) is 29.4 Å². The Morgan fingerprint density at radius 2 is 0.847 bits per heavy atom. The molecule has 0 fully saturated rings. The van der Waals surface area contributed by atoms with Crippen LogP contribution in [0.2, 0.25) is 0 Å². The first-order valence-electron chi connectivity index (χ1n) is 24.9. The molecule has 0 aromatic heterocycles. The second-order valence-corrected chi connectivity index (χ2v) is 18.6. The third kappa shape index (κ3) is 42.3. The molecule has 7 heteroatoms. The molecule has 0 radical (unpaired) electrons. The van der Waals surface area contributed by atoms with Crippen LogP contribution in [0.1, 0.15) is 240 Å². The highest BCUT2D eigenvalue weighted by Crippen LogP contribution is 2.28. The summed E-state index contributed by atoms with van der Waals surface area (Å²) in [7, 11) is 4.25. The fraction of sp³-hybridized carbons (Fsp3) is 0.865. The summed E-state index contributed by atoms with van der Waals surface area (Å²) in [5.41, 5.74) is 0.179. The van der Waals surface area contributed by atoms with E-state index in [1.807, 2.05) is 13.8 Å². The molecule has 0 aliphatic carbocycles. The molecule has 0 saturated heterocycles. The zero-order chi connectivity index (χ0) is 43.7. The van der Waals surface area contributed by atoms with E-state index < -0.39 is 0 Å². The maximum Gasteiger partial charge on any atom is 0.306 e. The van der Waals surface area contributed by atoms with Gasteiger partial charge in [0.25, 0.3) is 0 Å². The smallest absolute Gasteiger partial charge is 0.306 e. The number of carbonyl (C=O) groups is 3. The van der Waals surface area contributed by atoms with Gasteiger partial charge < -0.3 is 19.1 Å². The zero-order valence-corrected chi connectivity index (χ0v) is 40.1. The monoisotopic (exact) mass is 832 g/mol. The van der Waals surface area contributed by atoms with Crippen molar-refractivity contribution >= 4 is 17.9 Å². The average Bonchev–Trinajstić information content (AvgIpc) is 3.16. The number of ether oxygens (including phenoxy) is 3. The molecule has 0 heterocycles. The van der Waals surface area contributed by atoms with Crippen LogP contribution < -0.4 is 0 Å². The number of esters is 3. The van der Waals surface area contributed by atoms with E-state index in [2.05, 4.69) is 64.1 Å². The van der Waals surface area contributed by atoms with Crippen LogP contribution in [0.15, 0.2) is 24.3 Å². The van der Waals surface area contributed by atoms with E-state index in [1.165, 1.54) is 128 Å². The minimum absolute atomic E-state index is 0.00123. The highest BCUT2D eigenvalue weighted by Gasteiger charge is 2.24. The van der Waals surface area contributed by atoms with Gasteiger partial charge >= 0.3 is 17.9 Å². The van der Waals surface area contributed by atoms with Gasteiger partial charge in [-0.15, -0.1) is 0 Å². The van der Waals surface area contributed by atoms with Crippen LogP contribution in [-0.2, 0) is 28.6 Å². The second-order valence-electron chi connectivity index (χ2n) is 18.6. The predicted molar refractivity (Wildman–Crippen MR) is 251 cm³/mol. The maximum absolute atomic E-state index is 13.1. The molecule has 59 heavy (non-hydrogen) atoms. The van der Waals surface area contributed by atoms with E-state index in [9.17, 15) is 14.4 Å². The van der Waals surface area contributed by atoms with Crippen LogP contribution in [0, 0.1) is 11.3 Å². The van der Waals surface area contributed by atoms with Crippen molar-refractivity contribution in [1.82, 2.24) is 4.90 Å². The Morgan fingerprint density at radius 3 is 1.20 bits per heavy atom. The molecule has 0 bridgehead atoms. The third-order valence-electron chi connectivity index (χ3n) is 11.2. The van der Waals surface area contributed by atoms with Gasteiger partial charge in [0.1, 0.15) is 6.10 Å². The molecule has 1 unspecified atom stereocenters. The first-order valence-corrected chi connectivity index (χ1v) is 24.9. The fourth-order valence-electron chi connectivity index (χ4n) is 8.46. The van der Waals surface area contributed by atoms with Crippen molar-refractivity contribution in [2.24, 2.45) is 11.3 Å². The quantitative estimate of drug-likeness (QED) is 0.0262. The molecule has 0 aliphatic rings. The molecule has 1 atom stereocenters. The van der Waals surface area contributed by atoms with Crippen LogP contribution in [0.3, 0.4) is 0 Å². The Balaban J connectivity index is 4.26. The SMILES string of the molecule is CCOC(=O)CCCCCCC/C=C\CCCCCCCCC(CCCCCCCC/C=C\CCCCCCCC(=O)OCC)OC(=O)CC(C)CC(C)(C)CN(C)C. The Labute approximate surface area is 366 Å². The average molecular weight is 832 g/mol. The van der Waals surface area contributed by atoms with Crippen LogP contribution >= 0.6 is 0 Å². The lowest BCUT2D eigenvalue weighted by Gasteiger charge is -2.31. The summed E-state index contributed by atoms with van der Waals surface area (Å²) in [5.74, 6) is 0.208. The van der Waals surface area contributed by atoms with Gasteiger partial charge in [-0.2, -0.15) is 0 Å². The van der Waals surface area contributed by atoms with E-state index in [0.717, 1.165) is 64.3 Å². The number of unbranched alkanes of at least 4 members (excludes halogenated alkanes) is 22. The lowest BCUT2D eigenvalue weighted by Crippen LogP contribution is -2.31. The molecule has 0 saturated carbocycles. The summed E-state index contributed by atoms with van der Waals surface area (Å²) in [4.78, 5) is 38.2. The van der Waals surface area contributed by atoms with Crippen LogP contribution in [-0.4, -0.2) is 62.8 Å². The first kappa shape index (κ1) is 56.9. The van der Waals surface area contributed by atoms with Gasteiger partial charge in [-0.1, -0.05) is 135 Å². The second kappa shape index (κ2) is 41.2. The van der Waals surface area contributed by atoms with Gasteiger partial charge in [0.05, 0.1) is 13.2 Å². The lowest BCUT2D eigenvalue weighted by molar-refractivity contribution is -0.151. The van der Waals surface area contributed by atoms with Crippen molar-refractivity contribution < 1.29 is 28.6 Å². The normalized spacial score (nSPS) is 12.6. The first-order chi connectivity index (χ1) is 28.5. The topological polar surface area (TPSA) is 82.1 Å². The molecular weight excluding hydrogens is 735 g/mol. The standard InChI is InChI=1S/C52H97NO6/c1-8-57-49(54)42-38-34-30-26-22-18-14-10-12-16-20-24-28-32-36-40-48(59-51(56)44-47(3)45-52(4,5)46-53(6)7)41-37-33-29-25-21-17-13-11-15-19-23-27-31-35-39-43-50(55)58-9-2/h10-11,14-15,47-48H,8-9,12-13,16-46H2,1-7H3/b14-10-,15-11-. The summed E-state index contributed by atoms with van der Waals surface area (Å²) in [5, 5.41) is 0. The third-order valence-corrected chi connectivity index (χ3v) is 11.2. The summed E-state index contributed by atoms with van der Waals surface area (Å²) in [6, 6.07) is 0. The van der Waals surface area contributed by atoms with Gasteiger partial charge in [0.2, 0.25) is 0 Å². The zero-order valence-electron chi connectivity index (χ0n) is 40.1. The summed E-state index contributed by atoms with van der Waals surface area (Å²) >= 11 is 0. The minimum Gasteiger partial charge on any atom is -0.466 e. The molecular formula is C52H97NO6. The summed E-state index contributed by atoms with van der Waals surface area (Å²) in [6.07, 6.45) is 45.4. The highest BCUT2D eigenvalue weighted by molar-refractivity contribution is 5.70. The van der Waals surface area contributed by atoms with Gasteiger partial charge in [0, 0.05) is 25.8 Å². The minimum atomic E-state index is -0.0577. The molecule has 0 amide bonds. The molecule has 0 spiro atoms. The molecule has 0 rings (SSSR count). The molecule has 0 aromatic carbocycles. The van der Waals surface area contributed by atoms with Crippen molar-refractivity contribution in [1.29, 1.82) is 0 Å².